The van der Waals surface area contributed by atoms with Crippen LogP contribution in [-0.2, 0) is 16.0 Å². The molecule has 3 rings (SSSR count). The van der Waals surface area contributed by atoms with Crippen LogP contribution < -0.4 is 0 Å². The molecule has 0 atom stereocenters. The number of hydrogen-bond donors (Lipinski definition) is 0. The van der Waals surface area contributed by atoms with E-state index in [1.54, 1.807) is 7.11 Å². The Morgan fingerprint density at radius 2 is 2.14 bits per heavy atom. The van der Waals surface area contributed by atoms with E-state index >= 15 is 0 Å². The minimum Gasteiger partial charge on any atom is -0.384 e. The van der Waals surface area contributed by atoms with Gasteiger partial charge in [-0.2, -0.15) is 4.98 Å². The third-order valence-corrected chi connectivity index (χ3v) is 4.54. The van der Waals surface area contributed by atoms with Gasteiger partial charge in [0, 0.05) is 33.0 Å². The molecule has 1 amide bonds. The molecular weight excluding hydrogens is 270 g/mol. The van der Waals surface area contributed by atoms with Gasteiger partial charge < -0.3 is 14.2 Å². The van der Waals surface area contributed by atoms with Crippen molar-refractivity contribution in [2.24, 2.45) is 5.92 Å². The third kappa shape index (κ3) is 3.43. The molecule has 1 saturated heterocycles. The minimum atomic E-state index is 0.210. The summed E-state index contributed by atoms with van der Waals surface area (Å²) >= 11 is 0. The van der Waals surface area contributed by atoms with Gasteiger partial charge >= 0.3 is 0 Å². The lowest BCUT2D eigenvalue weighted by Gasteiger charge is -2.37. The first kappa shape index (κ1) is 14.5. The second-order valence-electron chi connectivity index (χ2n) is 6.14. The molecular formula is C15H23N3O3. The van der Waals surface area contributed by atoms with Gasteiger partial charge in [0.05, 0.1) is 12.5 Å². The molecule has 0 aromatic carbocycles. The predicted octanol–water partition coefficient (Wildman–Crippen LogP) is 1.76. The van der Waals surface area contributed by atoms with Crippen molar-refractivity contribution in [3.8, 4) is 0 Å². The molecule has 0 unspecified atom stereocenters. The number of likely N-dealkylation sites (tertiary alicyclic amines) is 1. The van der Waals surface area contributed by atoms with Gasteiger partial charge in [0.15, 0.2) is 5.82 Å². The number of ether oxygens (including phenoxy) is 1. The smallest absolute Gasteiger partial charge is 0.233 e. The van der Waals surface area contributed by atoms with Gasteiger partial charge in [-0.3, -0.25) is 4.79 Å². The summed E-state index contributed by atoms with van der Waals surface area (Å²) in [5.41, 5.74) is 0. The van der Waals surface area contributed by atoms with Gasteiger partial charge in [0.1, 0.15) is 0 Å². The molecule has 2 aliphatic rings. The summed E-state index contributed by atoms with van der Waals surface area (Å²) in [7, 11) is 1.65. The molecule has 116 valence electrons. The summed E-state index contributed by atoms with van der Waals surface area (Å²) in [4.78, 5) is 18.4. The Hall–Kier alpha value is -1.43. The Kier molecular flexibility index (Phi) is 4.53. The first-order valence-electron chi connectivity index (χ1n) is 7.85. The van der Waals surface area contributed by atoms with Crippen molar-refractivity contribution in [1.82, 2.24) is 15.0 Å². The fraction of sp³-hybridized carbons (Fsp3) is 0.800. The van der Waals surface area contributed by atoms with Crippen molar-refractivity contribution in [1.29, 1.82) is 0 Å². The van der Waals surface area contributed by atoms with Crippen LogP contribution in [0.1, 0.15) is 49.7 Å². The molecule has 21 heavy (non-hydrogen) atoms. The van der Waals surface area contributed by atoms with E-state index < -0.39 is 0 Å². The van der Waals surface area contributed by atoms with Crippen molar-refractivity contribution < 1.29 is 14.1 Å². The molecule has 2 heterocycles. The van der Waals surface area contributed by atoms with E-state index in [1.807, 2.05) is 4.90 Å². The lowest BCUT2D eigenvalue weighted by molar-refractivity contribution is -0.137. The molecule has 2 fully saturated rings. The van der Waals surface area contributed by atoms with Crippen molar-refractivity contribution in [2.75, 3.05) is 26.8 Å². The number of hydrogen-bond acceptors (Lipinski definition) is 5. The number of amides is 1. The number of aromatic nitrogens is 2. The van der Waals surface area contributed by atoms with Crippen LogP contribution in [0.4, 0.5) is 0 Å². The van der Waals surface area contributed by atoms with E-state index in [9.17, 15) is 4.79 Å². The van der Waals surface area contributed by atoms with Crippen molar-refractivity contribution in [2.45, 2.75) is 44.4 Å². The number of methoxy groups -OCH3 is 1. The highest BCUT2D eigenvalue weighted by atomic mass is 16.5. The van der Waals surface area contributed by atoms with E-state index in [1.165, 1.54) is 25.7 Å². The van der Waals surface area contributed by atoms with Crippen LogP contribution in [0, 0.1) is 5.92 Å². The summed E-state index contributed by atoms with van der Waals surface area (Å²) in [5, 5.41) is 3.94. The van der Waals surface area contributed by atoms with E-state index in [0.29, 0.717) is 30.7 Å². The topological polar surface area (TPSA) is 68.5 Å². The maximum atomic E-state index is 12.1. The van der Waals surface area contributed by atoms with E-state index in [0.717, 1.165) is 19.5 Å². The Morgan fingerprint density at radius 1 is 1.38 bits per heavy atom. The summed E-state index contributed by atoms with van der Waals surface area (Å²) < 4.78 is 10.3. The molecule has 6 heteroatoms. The summed E-state index contributed by atoms with van der Waals surface area (Å²) in [6.07, 6.45) is 6.39. The summed E-state index contributed by atoms with van der Waals surface area (Å²) in [6.45, 7) is 2.03. The van der Waals surface area contributed by atoms with Gasteiger partial charge in [0.25, 0.3) is 0 Å². The first-order chi connectivity index (χ1) is 10.3. The van der Waals surface area contributed by atoms with E-state index in [2.05, 4.69) is 10.1 Å². The zero-order chi connectivity index (χ0) is 14.7. The molecule has 1 aliphatic heterocycles. The van der Waals surface area contributed by atoms with E-state index in [4.69, 9.17) is 9.26 Å². The molecule has 6 nitrogen and oxygen atoms in total. The highest BCUT2D eigenvalue weighted by molar-refractivity contribution is 5.77. The predicted molar refractivity (Wildman–Crippen MR) is 75.8 cm³/mol. The molecule has 1 aromatic heterocycles. The van der Waals surface area contributed by atoms with Crippen LogP contribution in [0.2, 0.25) is 0 Å². The monoisotopic (exact) mass is 293 g/mol. The quantitative estimate of drug-likeness (QED) is 0.799. The third-order valence-electron chi connectivity index (χ3n) is 4.54. The van der Waals surface area contributed by atoms with Crippen molar-refractivity contribution in [3.05, 3.63) is 11.7 Å². The highest BCUT2D eigenvalue weighted by Crippen LogP contribution is 2.31. The standard InChI is InChI=1S/C15H23N3O3/c1-20-7-6-13-16-15(21-17-13)12-9-18(10-12)14(19)8-11-4-2-3-5-11/h11-12H,2-10H2,1H3. The minimum absolute atomic E-state index is 0.210. The fourth-order valence-electron chi connectivity index (χ4n) is 3.16. The van der Waals surface area contributed by atoms with Gasteiger partial charge in [0.2, 0.25) is 11.8 Å². The maximum Gasteiger partial charge on any atom is 0.233 e. The highest BCUT2D eigenvalue weighted by Gasteiger charge is 2.36. The van der Waals surface area contributed by atoms with Gasteiger partial charge in [-0.1, -0.05) is 18.0 Å². The van der Waals surface area contributed by atoms with Crippen molar-refractivity contribution in [3.63, 3.8) is 0 Å². The zero-order valence-corrected chi connectivity index (χ0v) is 12.6. The molecule has 1 aromatic rings. The van der Waals surface area contributed by atoms with Gasteiger partial charge in [-0.05, 0) is 18.8 Å². The molecule has 1 aliphatic carbocycles. The van der Waals surface area contributed by atoms with Crippen LogP contribution >= 0.6 is 0 Å². The molecule has 0 radical (unpaired) electrons. The Morgan fingerprint density at radius 3 is 2.86 bits per heavy atom. The zero-order valence-electron chi connectivity index (χ0n) is 12.6. The molecule has 0 N–H and O–H groups in total. The van der Waals surface area contributed by atoms with Gasteiger partial charge in [-0.25, -0.2) is 0 Å². The van der Waals surface area contributed by atoms with Crippen LogP contribution in [0.15, 0.2) is 4.52 Å². The van der Waals surface area contributed by atoms with E-state index in [-0.39, 0.29) is 11.8 Å². The largest absolute Gasteiger partial charge is 0.384 e. The van der Waals surface area contributed by atoms with Gasteiger partial charge in [-0.15, -0.1) is 0 Å². The van der Waals surface area contributed by atoms with Crippen LogP contribution in [0.25, 0.3) is 0 Å². The fourth-order valence-corrected chi connectivity index (χ4v) is 3.16. The maximum absolute atomic E-state index is 12.1. The lowest BCUT2D eigenvalue weighted by atomic mass is 9.97. The number of carbonyl (C=O) groups is 1. The number of carbonyl (C=O) groups excluding carboxylic acids is 1. The molecule has 1 saturated carbocycles. The summed E-state index contributed by atoms with van der Waals surface area (Å²) in [6, 6.07) is 0. The van der Waals surface area contributed by atoms with Crippen LogP contribution in [0.3, 0.4) is 0 Å². The normalized spacial score (nSPS) is 20.0. The van der Waals surface area contributed by atoms with Crippen LogP contribution in [-0.4, -0.2) is 47.8 Å². The lowest BCUT2D eigenvalue weighted by Crippen LogP contribution is -2.48. The molecule has 0 spiro atoms. The Bertz CT molecular complexity index is 476. The second-order valence-corrected chi connectivity index (χ2v) is 6.14. The second kappa shape index (κ2) is 6.56. The Balaban J connectivity index is 1.44. The first-order valence-corrected chi connectivity index (χ1v) is 7.85. The summed E-state index contributed by atoms with van der Waals surface area (Å²) in [5.74, 6) is 2.45. The SMILES string of the molecule is COCCc1noc(C2CN(C(=O)CC3CCCC3)C2)n1. The Labute approximate surface area is 124 Å². The number of nitrogens with zero attached hydrogens (tertiary/aromatic N) is 3. The number of rotatable bonds is 6. The average Bonchev–Trinajstić information content (AvgIpc) is 3.06. The molecule has 0 bridgehead atoms. The van der Waals surface area contributed by atoms with Crippen molar-refractivity contribution >= 4 is 5.91 Å². The van der Waals surface area contributed by atoms with Crippen LogP contribution in [0.5, 0.6) is 0 Å². The average molecular weight is 293 g/mol.